The Hall–Kier alpha value is -2.19. The van der Waals surface area contributed by atoms with Gasteiger partial charge in [0.25, 0.3) is 5.91 Å². The second-order valence-corrected chi connectivity index (χ2v) is 7.82. The molecule has 8 heteroatoms. The molecule has 27 heavy (non-hydrogen) atoms. The normalized spacial score (nSPS) is 10.3. The minimum Gasteiger partial charge on any atom is -0.352 e. The summed E-state index contributed by atoms with van der Waals surface area (Å²) in [4.78, 5) is 37.5. The fourth-order valence-corrected chi connectivity index (χ4v) is 3.50. The summed E-state index contributed by atoms with van der Waals surface area (Å²) in [6.45, 7) is 2.30. The Bertz CT molecular complexity index is 809. The van der Waals surface area contributed by atoms with Crippen LogP contribution in [0.15, 0.2) is 39.5 Å². The van der Waals surface area contributed by atoms with Crippen molar-refractivity contribution in [3.8, 4) is 0 Å². The summed E-state index contributed by atoms with van der Waals surface area (Å²) >= 11 is 4.84. The van der Waals surface area contributed by atoms with Gasteiger partial charge in [-0.05, 0) is 48.6 Å². The quantitative estimate of drug-likeness (QED) is 0.603. The lowest BCUT2D eigenvalue weighted by atomic mass is 10.2. The molecule has 1 heterocycles. The summed E-state index contributed by atoms with van der Waals surface area (Å²) in [6.07, 6.45) is 0.789. The smallest absolute Gasteiger partial charge is 0.252 e. The van der Waals surface area contributed by atoms with E-state index in [0.717, 1.165) is 15.7 Å². The lowest BCUT2D eigenvalue weighted by molar-refractivity contribution is -0.133. The second kappa shape index (κ2) is 10.2. The van der Waals surface area contributed by atoms with Crippen LogP contribution in [0.4, 0.5) is 5.69 Å². The molecule has 1 aromatic heterocycles. The van der Waals surface area contributed by atoms with Gasteiger partial charge in [-0.15, -0.1) is 0 Å². The van der Waals surface area contributed by atoms with E-state index in [-0.39, 0.29) is 30.7 Å². The molecule has 0 saturated carbocycles. The fourth-order valence-electron chi connectivity index (χ4n) is 2.39. The Morgan fingerprint density at radius 1 is 1.22 bits per heavy atom. The van der Waals surface area contributed by atoms with Gasteiger partial charge in [0.05, 0.1) is 6.54 Å². The molecule has 0 aliphatic rings. The Labute approximate surface area is 171 Å². The van der Waals surface area contributed by atoms with Crippen LogP contribution in [0.1, 0.15) is 28.8 Å². The number of anilines is 1. The Kier molecular flexibility index (Phi) is 7.99. The molecule has 3 amide bonds. The lowest BCUT2D eigenvalue weighted by Gasteiger charge is -2.17. The van der Waals surface area contributed by atoms with Crippen molar-refractivity contribution in [2.45, 2.75) is 19.8 Å². The van der Waals surface area contributed by atoms with Gasteiger partial charge in [-0.25, -0.2) is 0 Å². The molecule has 6 nitrogen and oxygen atoms in total. The van der Waals surface area contributed by atoms with Crippen LogP contribution < -0.4 is 10.6 Å². The monoisotopic (exact) mass is 451 g/mol. The summed E-state index contributed by atoms with van der Waals surface area (Å²) in [7, 11) is 1.60. The molecule has 2 N–H and O–H groups in total. The number of thiophene rings is 1. The molecule has 0 atom stereocenters. The number of carbonyl (C=O) groups is 3. The van der Waals surface area contributed by atoms with E-state index < -0.39 is 0 Å². The van der Waals surface area contributed by atoms with Crippen LogP contribution in [0, 0.1) is 6.92 Å². The molecule has 0 aliphatic carbocycles. The number of rotatable bonds is 8. The van der Waals surface area contributed by atoms with Crippen molar-refractivity contribution in [1.29, 1.82) is 0 Å². The third-order valence-corrected chi connectivity index (χ3v) is 5.08. The molecule has 1 aromatic carbocycles. The van der Waals surface area contributed by atoms with Crippen LogP contribution in [0.25, 0.3) is 0 Å². The minimum absolute atomic E-state index is 0.0183. The number of carbonyl (C=O) groups excluding carboxylic acids is 3. The fraction of sp³-hybridized carbons (Fsp3) is 0.316. The highest BCUT2D eigenvalue weighted by Gasteiger charge is 2.14. The zero-order valence-electron chi connectivity index (χ0n) is 15.3. The van der Waals surface area contributed by atoms with E-state index in [2.05, 4.69) is 26.6 Å². The van der Waals surface area contributed by atoms with Crippen LogP contribution in [0.5, 0.6) is 0 Å². The first-order valence-electron chi connectivity index (χ1n) is 8.47. The highest BCUT2D eigenvalue weighted by Crippen LogP contribution is 2.19. The summed E-state index contributed by atoms with van der Waals surface area (Å²) in [5.41, 5.74) is 2.29. The van der Waals surface area contributed by atoms with Gasteiger partial charge in [-0.2, -0.15) is 11.3 Å². The summed E-state index contributed by atoms with van der Waals surface area (Å²) in [5, 5.41) is 9.21. The van der Waals surface area contributed by atoms with Crippen LogP contribution >= 0.6 is 27.3 Å². The van der Waals surface area contributed by atoms with Gasteiger partial charge >= 0.3 is 0 Å². The molecule has 144 valence electrons. The lowest BCUT2D eigenvalue weighted by Crippen LogP contribution is -2.35. The van der Waals surface area contributed by atoms with Crippen LogP contribution in [0.2, 0.25) is 0 Å². The van der Waals surface area contributed by atoms with Crippen molar-refractivity contribution in [3.05, 3.63) is 50.6 Å². The average molecular weight is 452 g/mol. The first kappa shape index (κ1) is 21.1. The van der Waals surface area contributed by atoms with Gasteiger partial charge in [0, 0.05) is 41.1 Å². The maximum absolute atomic E-state index is 12.1. The molecule has 0 unspecified atom stereocenters. The number of aryl methyl sites for hydroxylation is 1. The van der Waals surface area contributed by atoms with Crippen molar-refractivity contribution < 1.29 is 14.4 Å². The van der Waals surface area contributed by atoms with E-state index in [4.69, 9.17) is 0 Å². The molecule has 0 spiro atoms. The van der Waals surface area contributed by atoms with Crippen LogP contribution in [0.3, 0.4) is 0 Å². The van der Waals surface area contributed by atoms with E-state index in [1.54, 1.807) is 18.5 Å². The van der Waals surface area contributed by atoms with E-state index in [1.165, 1.54) is 16.2 Å². The molecule has 0 saturated heterocycles. The number of halogens is 1. The molecule has 2 rings (SSSR count). The predicted octanol–water partition coefficient (Wildman–Crippen LogP) is 3.43. The number of hydrogen-bond donors (Lipinski definition) is 2. The third-order valence-electron chi connectivity index (χ3n) is 3.91. The van der Waals surface area contributed by atoms with Gasteiger partial charge < -0.3 is 15.5 Å². The molecule has 0 radical (unpaired) electrons. The topological polar surface area (TPSA) is 78.5 Å². The number of likely N-dealkylation sites (N-methyl/N-ethyl adjacent to an activating group) is 1. The molecule has 0 aliphatic heterocycles. The van der Waals surface area contributed by atoms with Gasteiger partial charge in [-0.1, -0.05) is 15.9 Å². The van der Waals surface area contributed by atoms with E-state index in [9.17, 15) is 14.4 Å². The van der Waals surface area contributed by atoms with Crippen molar-refractivity contribution in [3.63, 3.8) is 0 Å². The number of amides is 3. The Morgan fingerprint density at radius 2 is 2.00 bits per heavy atom. The van der Waals surface area contributed by atoms with Gasteiger partial charge in [0.1, 0.15) is 0 Å². The largest absolute Gasteiger partial charge is 0.352 e. The first-order valence-corrected chi connectivity index (χ1v) is 10.2. The maximum Gasteiger partial charge on any atom is 0.252 e. The van der Waals surface area contributed by atoms with Crippen molar-refractivity contribution in [2.75, 3.05) is 25.5 Å². The van der Waals surface area contributed by atoms with Crippen LogP contribution in [-0.2, 0) is 9.59 Å². The first-order chi connectivity index (χ1) is 12.9. The van der Waals surface area contributed by atoms with Gasteiger partial charge in [-0.3, -0.25) is 14.4 Å². The van der Waals surface area contributed by atoms with E-state index in [1.807, 2.05) is 30.5 Å². The van der Waals surface area contributed by atoms with Crippen molar-refractivity contribution >= 4 is 50.7 Å². The predicted molar refractivity (Wildman–Crippen MR) is 111 cm³/mol. The molecular formula is C19H22BrN3O3S. The van der Waals surface area contributed by atoms with Crippen molar-refractivity contribution in [1.82, 2.24) is 10.2 Å². The molecular weight excluding hydrogens is 430 g/mol. The van der Waals surface area contributed by atoms with Crippen molar-refractivity contribution in [2.24, 2.45) is 0 Å². The highest BCUT2D eigenvalue weighted by atomic mass is 79.9. The van der Waals surface area contributed by atoms with E-state index in [0.29, 0.717) is 18.5 Å². The maximum atomic E-state index is 12.1. The SMILES string of the molecule is Cc1cc(Br)ccc1NC(=O)CN(C)C(=O)CCCNC(=O)c1ccsc1. The number of hydrogen-bond acceptors (Lipinski definition) is 4. The zero-order chi connectivity index (χ0) is 19.8. The van der Waals surface area contributed by atoms with Crippen LogP contribution in [-0.4, -0.2) is 42.8 Å². The summed E-state index contributed by atoms with van der Waals surface area (Å²) in [6, 6.07) is 7.33. The molecule has 0 bridgehead atoms. The van der Waals surface area contributed by atoms with Gasteiger partial charge in [0.2, 0.25) is 11.8 Å². The van der Waals surface area contributed by atoms with E-state index >= 15 is 0 Å². The highest BCUT2D eigenvalue weighted by molar-refractivity contribution is 9.10. The standard InChI is InChI=1S/C19H22BrN3O3S/c1-13-10-15(20)5-6-16(13)22-17(24)11-23(2)18(25)4-3-8-21-19(26)14-7-9-27-12-14/h5-7,9-10,12H,3-4,8,11H2,1-2H3,(H,21,26)(H,22,24). The number of benzene rings is 1. The number of nitrogens with zero attached hydrogens (tertiary/aromatic N) is 1. The zero-order valence-corrected chi connectivity index (χ0v) is 17.7. The molecule has 0 fully saturated rings. The third kappa shape index (κ3) is 6.80. The number of nitrogens with one attached hydrogen (secondary N) is 2. The second-order valence-electron chi connectivity index (χ2n) is 6.13. The summed E-state index contributed by atoms with van der Waals surface area (Å²) < 4.78 is 0.941. The Balaban J connectivity index is 1.70. The summed E-state index contributed by atoms with van der Waals surface area (Å²) in [5.74, 6) is -0.522. The minimum atomic E-state index is -0.248. The average Bonchev–Trinajstić information content (AvgIpc) is 3.15. The van der Waals surface area contributed by atoms with Gasteiger partial charge in [0.15, 0.2) is 0 Å². The Morgan fingerprint density at radius 3 is 2.67 bits per heavy atom. The molecule has 2 aromatic rings.